The van der Waals surface area contributed by atoms with Gasteiger partial charge in [0.2, 0.25) is 10.0 Å². The highest BCUT2D eigenvalue weighted by Gasteiger charge is 2.29. The second kappa shape index (κ2) is 6.25. The van der Waals surface area contributed by atoms with Crippen molar-refractivity contribution in [2.75, 3.05) is 25.4 Å². The molecule has 1 aliphatic rings. The fourth-order valence-corrected chi connectivity index (χ4v) is 4.72. The van der Waals surface area contributed by atoms with Crippen LogP contribution in [-0.2, 0) is 16.6 Å². The number of thioether (sulfide) groups is 1. The fourth-order valence-electron chi connectivity index (χ4n) is 2.01. The van der Waals surface area contributed by atoms with Crippen LogP contribution in [0.15, 0.2) is 17.3 Å². The van der Waals surface area contributed by atoms with Crippen molar-refractivity contribution < 1.29 is 8.42 Å². The Morgan fingerprint density at radius 2 is 2.37 bits per heavy atom. The molecule has 0 spiro atoms. The molecule has 0 amide bonds. The summed E-state index contributed by atoms with van der Waals surface area (Å²) in [6.45, 7) is 4.42. The van der Waals surface area contributed by atoms with Crippen molar-refractivity contribution in [3.05, 3.63) is 12.4 Å². The molecule has 0 aliphatic carbocycles. The minimum absolute atomic E-state index is 0.281. The molecule has 0 radical (unpaired) electrons. The van der Waals surface area contributed by atoms with E-state index in [2.05, 4.69) is 12.0 Å². The van der Waals surface area contributed by atoms with Gasteiger partial charge in [-0.15, -0.1) is 0 Å². The van der Waals surface area contributed by atoms with Crippen LogP contribution in [0, 0.1) is 0 Å². The number of aromatic nitrogens is 2. The van der Waals surface area contributed by atoms with E-state index in [-0.39, 0.29) is 4.90 Å². The molecule has 1 unspecified atom stereocenters. The Balaban J connectivity index is 2.12. The summed E-state index contributed by atoms with van der Waals surface area (Å²) in [5.74, 6) is 0.849. The van der Waals surface area contributed by atoms with Gasteiger partial charge in [0.25, 0.3) is 0 Å². The van der Waals surface area contributed by atoms with Crippen LogP contribution in [0.2, 0.25) is 0 Å². The van der Waals surface area contributed by atoms with E-state index in [1.54, 1.807) is 15.2 Å². The van der Waals surface area contributed by atoms with Gasteiger partial charge in [-0.2, -0.15) is 21.2 Å². The maximum absolute atomic E-state index is 12.5. The fraction of sp³-hybridized carbons (Fsp3) is 0.727. The third kappa shape index (κ3) is 3.50. The summed E-state index contributed by atoms with van der Waals surface area (Å²) in [7, 11) is -3.39. The monoisotopic (exact) mass is 304 g/mol. The van der Waals surface area contributed by atoms with E-state index in [9.17, 15) is 8.42 Å². The Morgan fingerprint density at radius 1 is 1.58 bits per heavy atom. The first kappa shape index (κ1) is 14.8. The third-order valence-corrected chi connectivity index (χ3v) is 6.00. The molecule has 6 nitrogen and oxygen atoms in total. The van der Waals surface area contributed by atoms with Crippen molar-refractivity contribution in [2.45, 2.75) is 30.0 Å². The van der Waals surface area contributed by atoms with E-state index in [1.165, 1.54) is 6.20 Å². The molecule has 1 aromatic heterocycles. The summed E-state index contributed by atoms with van der Waals surface area (Å²) in [5.41, 5.74) is 5.43. The van der Waals surface area contributed by atoms with Crippen LogP contribution in [0.3, 0.4) is 0 Å². The van der Waals surface area contributed by atoms with E-state index in [0.717, 1.165) is 12.2 Å². The maximum Gasteiger partial charge on any atom is 0.246 e. The van der Waals surface area contributed by atoms with Gasteiger partial charge in [-0.3, -0.25) is 4.68 Å². The van der Waals surface area contributed by atoms with Crippen LogP contribution < -0.4 is 5.73 Å². The summed E-state index contributed by atoms with van der Waals surface area (Å²) >= 11 is 1.81. The molecule has 0 bridgehead atoms. The molecular formula is C11H20N4O2S2. The van der Waals surface area contributed by atoms with Crippen LogP contribution in [0.5, 0.6) is 0 Å². The van der Waals surface area contributed by atoms with E-state index in [0.29, 0.717) is 31.4 Å². The largest absolute Gasteiger partial charge is 0.330 e. The van der Waals surface area contributed by atoms with Crippen molar-refractivity contribution in [3.8, 4) is 0 Å². The first-order valence-electron chi connectivity index (χ1n) is 6.38. The van der Waals surface area contributed by atoms with E-state index in [4.69, 9.17) is 5.73 Å². The molecule has 2 heterocycles. The molecule has 0 saturated carbocycles. The van der Waals surface area contributed by atoms with Gasteiger partial charge in [0.05, 0.1) is 6.20 Å². The predicted molar refractivity (Wildman–Crippen MR) is 76.6 cm³/mol. The molecule has 1 aliphatic heterocycles. The van der Waals surface area contributed by atoms with Gasteiger partial charge in [0.15, 0.2) is 0 Å². The maximum atomic E-state index is 12.5. The highest BCUT2D eigenvalue weighted by Crippen LogP contribution is 2.23. The van der Waals surface area contributed by atoms with Crippen LogP contribution in [0.1, 0.15) is 13.3 Å². The van der Waals surface area contributed by atoms with Crippen molar-refractivity contribution in [1.29, 1.82) is 0 Å². The number of aryl methyl sites for hydroxylation is 1. The van der Waals surface area contributed by atoms with Gasteiger partial charge >= 0.3 is 0 Å². The summed E-state index contributed by atoms with van der Waals surface area (Å²) < 4.78 is 28.1. The van der Waals surface area contributed by atoms with Crippen LogP contribution in [-0.4, -0.2) is 53.1 Å². The van der Waals surface area contributed by atoms with E-state index in [1.807, 2.05) is 11.8 Å². The normalized spacial score (nSPS) is 21.7. The average Bonchev–Trinajstić information content (AvgIpc) is 2.86. The van der Waals surface area contributed by atoms with Gasteiger partial charge in [0.1, 0.15) is 4.90 Å². The SMILES string of the molecule is CC1CN(S(=O)(=O)c2cnn(CCCN)c2)CCS1. The van der Waals surface area contributed by atoms with Crippen molar-refractivity contribution in [1.82, 2.24) is 14.1 Å². The predicted octanol–water partition coefficient (Wildman–Crippen LogP) is 0.358. The third-order valence-electron chi connectivity index (χ3n) is 3.04. The number of sulfonamides is 1. The molecule has 1 atom stereocenters. The lowest BCUT2D eigenvalue weighted by molar-refractivity contribution is 0.424. The van der Waals surface area contributed by atoms with Crippen LogP contribution in [0.25, 0.3) is 0 Å². The van der Waals surface area contributed by atoms with Crippen molar-refractivity contribution >= 4 is 21.8 Å². The molecule has 2 N–H and O–H groups in total. The number of nitrogens with zero attached hydrogens (tertiary/aromatic N) is 3. The van der Waals surface area contributed by atoms with Gasteiger partial charge in [-0.1, -0.05) is 6.92 Å². The van der Waals surface area contributed by atoms with E-state index >= 15 is 0 Å². The lowest BCUT2D eigenvalue weighted by Crippen LogP contribution is -2.40. The number of rotatable bonds is 5. The first-order valence-corrected chi connectivity index (χ1v) is 8.87. The van der Waals surface area contributed by atoms with Gasteiger partial charge in [0, 0.05) is 36.8 Å². The van der Waals surface area contributed by atoms with Crippen LogP contribution >= 0.6 is 11.8 Å². The molecule has 0 aromatic carbocycles. The second-order valence-electron chi connectivity index (χ2n) is 4.63. The van der Waals surface area contributed by atoms with Gasteiger partial charge < -0.3 is 5.73 Å². The smallest absolute Gasteiger partial charge is 0.246 e. The molecule has 108 valence electrons. The zero-order chi connectivity index (χ0) is 13.9. The quantitative estimate of drug-likeness (QED) is 0.849. The highest BCUT2D eigenvalue weighted by molar-refractivity contribution is 8.00. The second-order valence-corrected chi connectivity index (χ2v) is 8.11. The molecule has 19 heavy (non-hydrogen) atoms. The lowest BCUT2D eigenvalue weighted by atomic mass is 10.4. The Morgan fingerprint density at radius 3 is 3.05 bits per heavy atom. The molecular weight excluding hydrogens is 284 g/mol. The van der Waals surface area contributed by atoms with Gasteiger partial charge in [-0.05, 0) is 13.0 Å². The molecule has 1 aromatic rings. The lowest BCUT2D eigenvalue weighted by Gasteiger charge is -2.29. The topological polar surface area (TPSA) is 81.2 Å². The summed E-state index contributed by atoms with van der Waals surface area (Å²) in [4.78, 5) is 0.281. The standard InChI is InChI=1S/C11H20N4O2S2/c1-10-8-15(5-6-18-10)19(16,17)11-7-13-14(9-11)4-2-3-12/h7,9-10H,2-6,8,12H2,1H3. The Bertz CT molecular complexity index is 515. The number of nitrogens with two attached hydrogens (primary N) is 1. The van der Waals surface area contributed by atoms with Crippen molar-refractivity contribution in [2.24, 2.45) is 5.73 Å². The van der Waals surface area contributed by atoms with Gasteiger partial charge in [-0.25, -0.2) is 8.42 Å². The minimum atomic E-state index is -3.39. The first-order chi connectivity index (χ1) is 9.04. The molecule has 1 saturated heterocycles. The van der Waals surface area contributed by atoms with Crippen LogP contribution in [0.4, 0.5) is 0 Å². The zero-order valence-corrected chi connectivity index (χ0v) is 12.7. The number of hydrogen-bond donors (Lipinski definition) is 1. The molecule has 1 fully saturated rings. The summed E-state index contributed by atoms with van der Waals surface area (Å²) in [6.07, 6.45) is 3.81. The molecule has 2 rings (SSSR count). The Kier molecular flexibility index (Phi) is 4.88. The molecule has 8 heteroatoms. The average molecular weight is 304 g/mol. The van der Waals surface area contributed by atoms with E-state index < -0.39 is 10.0 Å². The highest BCUT2D eigenvalue weighted by atomic mass is 32.2. The summed E-state index contributed by atoms with van der Waals surface area (Å²) in [5, 5.41) is 4.43. The Hall–Kier alpha value is -0.570. The Labute approximate surface area is 118 Å². The number of hydrogen-bond acceptors (Lipinski definition) is 5. The zero-order valence-electron chi connectivity index (χ0n) is 11.0. The minimum Gasteiger partial charge on any atom is -0.330 e. The van der Waals surface area contributed by atoms with Crippen molar-refractivity contribution in [3.63, 3.8) is 0 Å². The summed E-state index contributed by atoms with van der Waals surface area (Å²) in [6, 6.07) is 0.